The summed E-state index contributed by atoms with van der Waals surface area (Å²) >= 11 is 0. The maximum Gasteiger partial charge on any atom is 0.305 e. The fraction of sp³-hybridized carbons (Fsp3) is 0.591. The van der Waals surface area contributed by atoms with Crippen molar-refractivity contribution in [3.8, 4) is 17.0 Å². The van der Waals surface area contributed by atoms with E-state index in [0.29, 0.717) is 31.1 Å². The van der Waals surface area contributed by atoms with Crippen LogP contribution >= 0.6 is 0 Å². The smallest absolute Gasteiger partial charge is 0.305 e. The summed E-state index contributed by atoms with van der Waals surface area (Å²) < 4.78 is 17.4. The Bertz CT molecular complexity index is 873. The first kappa shape index (κ1) is 25.1. The normalized spacial score (nSPS) is 25.1. The summed E-state index contributed by atoms with van der Waals surface area (Å²) in [6.07, 6.45) is -2.05. The Balaban J connectivity index is 1.50. The van der Waals surface area contributed by atoms with Gasteiger partial charge in [-0.3, -0.25) is 4.79 Å². The Hall–Kier alpha value is -2.57. The highest BCUT2D eigenvalue weighted by Crippen LogP contribution is 2.29. The van der Waals surface area contributed by atoms with Crippen LogP contribution in [0.5, 0.6) is 5.75 Å². The van der Waals surface area contributed by atoms with Crippen LogP contribution < -0.4 is 4.74 Å². The van der Waals surface area contributed by atoms with Crippen molar-refractivity contribution in [2.75, 3.05) is 19.8 Å². The van der Waals surface area contributed by atoms with Crippen LogP contribution in [0.15, 0.2) is 30.5 Å². The molecule has 182 valence electrons. The van der Waals surface area contributed by atoms with Gasteiger partial charge in [0.2, 0.25) is 0 Å². The number of nitrogens with zero attached hydrogens (tertiary/aromatic N) is 3. The lowest BCUT2D eigenvalue weighted by molar-refractivity contribution is -0.254. The number of carbonyl (C=O) groups is 1. The quantitative estimate of drug-likeness (QED) is 0.271. The molecule has 1 aromatic carbocycles. The third-order valence-corrected chi connectivity index (χ3v) is 5.39. The molecule has 0 aliphatic carbocycles. The average Bonchev–Trinajstić information content (AvgIpc) is 3.30. The molecule has 5 atom stereocenters. The van der Waals surface area contributed by atoms with E-state index in [2.05, 4.69) is 10.3 Å². The molecule has 3 rings (SSSR count). The van der Waals surface area contributed by atoms with Gasteiger partial charge in [0.1, 0.15) is 35.9 Å². The van der Waals surface area contributed by atoms with Gasteiger partial charge in [-0.1, -0.05) is 5.21 Å². The highest BCUT2D eigenvalue weighted by Gasteiger charge is 2.44. The minimum atomic E-state index is -1.49. The van der Waals surface area contributed by atoms with Gasteiger partial charge in [-0.15, -0.1) is 5.10 Å². The Labute approximate surface area is 191 Å². The van der Waals surface area contributed by atoms with Gasteiger partial charge in [0.15, 0.2) is 6.23 Å². The summed E-state index contributed by atoms with van der Waals surface area (Å²) in [6, 6.07) is 7.25. The molecule has 2 aromatic rings. The SMILES string of the molecule is CCOC(=O)CCCCCOc1ccc(-c2cn([C@H]3O[C@H](CO)[C@@H](O)[C@H](O)[C@@H]3O)nn2)cc1. The van der Waals surface area contributed by atoms with Crippen LogP contribution in [-0.2, 0) is 14.3 Å². The van der Waals surface area contributed by atoms with Gasteiger partial charge < -0.3 is 34.6 Å². The van der Waals surface area contributed by atoms with Crippen molar-refractivity contribution in [3.63, 3.8) is 0 Å². The number of rotatable bonds is 11. The molecule has 2 heterocycles. The van der Waals surface area contributed by atoms with Crippen molar-refractivity contribution < 1.29 is 39.4 Å². The van der Waals surface area contributed by atoms with E-state index in [-0.39, 0.29) is 5.97 Å². The van der Waals surface area contributed by atoms with Crippen molar-refractivity contribution >= 4 is 5.97 Å². The lowest BCUT2D eigenvalue weighted by Crippen LogP contribution is -2.56. The van der Waals surface area contributed by atoms with Crippen LogP contribution in [0.4, 0.5) is 0 Å². The summed E-state index contributed by atoms with van der Waals surface area (Å²) in [5, 5.41) is 47.5. The molecular formula is C22H31N3O8. The molecule has 0 amide bonds. The Morgan fingerprint density at radius 2 is 1.85 bits per heavy atom. The second-order valence-electron chi connectivity index (χ2n) is 7.79. The van der Waals surface area contributed by atoms with Crippen LogP contribution in [0.3, 0.4) is 0 Å². The van der Waals surface area contributed by atoms with Crippen LogP contribution in [0.1, 0.15) is 38.8 Å². The lowest BCUT2D eigenvalue weighted by atomic mass is 9.98. The maximum absolute atomic E-state index is 11.3. The summed E-state index contributed by atoms with van der Waals surface area (Å²) in [5.74, 6) is 0.531. The van der Waals surface area contributed by atoms with Crippen molar-refractivity contribution in [2.24, 2.45) is 0 Å². The molecule has 1 fully saturated rings. The molecule has 11 nitrogen and oxygen atoms in total. The zero-order valence-electron chi connectivity index (χ0n) is 18.5. The highest BCUT2D eigenvalue weighted by molar-refractivity contribution is 5.69. The minimum absolute atomic E-state index is 0.169. The summed E-state index contributed by atoms with van der Waals surface area (Å²) in [4.78, 5) is 11.3. The van der Waals surface area contributed by atoms with E-state index in [9.17, 15) is 25.2 Å². The molecular weight excluding hydrogens is 434 g/mol. The second kappa shape index (κ2) is 12.1. The zero-order chi connectivity index (χ0) is 23.8. The molecule has 1 aromatic heterocycles. The average molecular weight is 466 g/mol. The van der Waals surface area contributed by atoms with Crippen LogP contribution in [0, 0.1) is 0 Å². The molecule has 33 heavy (non-hydrogen) atoms. The van der Waals surface area contributed by atoms with Gasteiger partial charge in [-0.05, 0) is 50.5 Å². The van der Waals surface area contributed by atoms with Gasteiger partial charge in [-0.25, -0.2) is 4.68 Å². The van der Waals surface area contributed by atoms with Crippen molar-refractivity contribution in [1.82, 2.24) is 15.0 Å². The van der Waals surface area contributed by atoms with Crippen molar-refractivity contribution in [1.29, 1.82) is 0 Å². The number of esters is 1. The Kier molecular flexibility index (Phi) is 9.15. The van der Waals surface area contributed by atoms with E-state index >= 15 is 0 Å². The molecule has 0 unspecified atom stereocenters. The number of benzene rings is 1. The summed E-state index contributed by atoms with van der Waals surface area (Å²) in [6.45, 7) is 2.21. The topological polar surface area (TPSA) is 156 Å². The number of hydrogen-bond donors (Lipinski definition) is 4. The van der Waals surface area contributed by atoms with E-state index in [1.165, 1.54) is 4.68 Å². The second-order valence-corrected chi connectivity index (χ2v) is 7.79. The first-order valence-electron chi connectivity index (χ1n) is 11.1. The fourth-order valence-corrected chi connectivity index (χ4v) is 3.53. The van der Waals surface area contributed by atoms with Crippen LogP contribution in [0.25, 0.3) is 11.3 Å². The molecule has 1 saturated heterocycles. The molecule has 11 heteroatoms. The largest absolute Gasteiger partial charge is 0.494 e. The van der Waals surface area contributed by atoms with Crippen molar-refractivity contribution in [2.45, 2.75) is 63.3 Å². The maximum atomic E-state index is 11.3. The molecule has 1 aliphatic rings. The minimum Gasteiger partial charge on any atom is -0.494 e. The summed E-state index contributed by atoms with van der Waals surface area (Å²) in [7, 11) is 0. The van der Waals surface area contributed by atoms with E-state index in [1.54, 1.807) is 25.3 Å². The molecule has 4 N–H and O–H groups in total. The van der Waals surface area contributed by atoms with E-state index in [0.717, 1.165) is 24.8 Å². The monoisotopic (exact) mass is 465 g/mol. The number of hydrogen-bond acceptors (Lipinski definition) is 10. The van der Waals surface area contributed by atoms with Gasteiger partial charge in [-0.2, -0.15) is 0 Å². The predicted molar refractivity (Wildman–Crippen MR) is 115 cm³/mol. The zero-order valence-corrected chi connectivity index (χ0v) is 18.5. The number of unbranched alkanes of at least 4 members (excludes halogenated alkanes) is 2. The number of aromatic nitrogens is 3. The third kappa shape index (κ3) is 6.49. The lowest BCUT2D eigenvalue weighted by Gasteiger charge is -2.39. The fourth-order valence-electron chi connectivity index (χ4n) is 3.53. The Morgan fingerprint density at radius 1 is 1.09 bits per heavy atom. The molecule has 0 saturated carbocycles. The summed E-state index contributed by atoms with van der Waals surface area (Å²) in [5.41, 5.74) is 1.27. The van der Waals surface area contributed by atoms with Gasteiger partial charge >= 0.3 is 5.97 Å². The van der Waals surface area contributed by atoms with Crippen LogP contribution in [-0.4, -0.2) is 85.6 Å². The van der Waals surface area contributed by atoms with E-state index in [1.807, 2.05) is 12.1 Å². The number of carbonyl (C=O) groups excluding carboxylic acids is 1. The molecule has 1 aliphatic heterocycles. The van der Waals surface area contributed by atoms with E-state index in [4.69, 9.17) is 14.2 Å². The Morgan fingerprint density at radius 3 is 2.55 bits per heavy atom. The molecule has 0 bridgehead atoms. The van der Waals surface area contributed by atoms with Crippen molar-refractivity contribution in [3.05, 3.63) is 30.5 Å². The number of aliphatic hydroxyl groups excluding tert-OH is 4. The van der Waals surface area contributed by atoms with Gasteiger partial charge in [0.05, 0.1) is 26.0 Å². The first-order chi connectivity index (χ1) is 15.9. The van der Waals surface area contributed by atoms with Gasteiger partial charge in [0.25, 0.3) is 0 Å². The van der Waals surface area contributed by atoms with E-state index < -0.39 is 37.3 Å². The van der Waals surface area contributed by atoms with Gasteiger partial charge in [0, 0.05) is 12.0 Å². The highest BCUT2D eigenvalue weighted by atomic mass is 16.6. The molecule has 0 radical (unpaired) electrons. The third-order valence-electron chi connectivity index (χ3n) is 5.39. The standard InChI is InChI=1S/C22H31N3O8/c1-2-31-18(27)6-4-3-5-11-32-15-9-7-14(8-10-15)16-12-25(24-23-16)22-21(30)20(29)19(28)17(13-26)33-22/h7-10,12,17,19-22,26,28-30H,2-6,11,13H2,1H3/t17-,19-,20+,21+,22+/m1/s1. The number of aliphatic hydroxyl groups is 4. The van der Waals surface area contributed by atoms with Crippen LogP contribution in [0.2, 0.25) is 0 Å². The predicted octanol–water partition coefficient (Wildman–Crippen LogP) is 0.420. The molecule has 0 spiro atoms. The number of ether oxygens (including phenoxy) is 3. The first-order valence-corrected chi connectivity index (χ1v) is 11.1.